The molecule has 0 unspecified atom stereocenters. The van der Waals surface area contributed by atoms with Gasteiger partial charge in [0.25, 0.3) is 0 Å². The summed E-state index contributed by atoms with van der Waals surface area (Å²) in [4.78, 5) is 24.5. The number of amides is 1. The molecule has 0 fully saturated rings. The van der Waals surface area contributed by atoms with E-state index in [-0.39, 0.29) is 5.91 Å². The molecule has 0 radical (unpaired) electrons. The molecule has 2 atom stereocenters. The van der Waals surface area contributed by atoms with Crippen LogP contribution in [-0.4, -0.2) is 34.5 Å². The number of rotatable bonds is 11. The van der Waals surface area contributed by atoms with Crippen molar-refractivity contribution >= 4 is 36.3 Å². The molecule has 3 aromatic carbocycles. The molecule has 0 heterocycles. The Bertz CT molecular complexity index is 1040. The number of thiol groups is 1. The highest BCUT2D eigenvalue weighted by molar-refractivity contribution is 7.98. The van der Waals surface area contributed by atoms with Gasteiger partial charge < -0.3 is 10.4 Å². The van der Waals surface area contributed by atoms with E-state index in [9.17, 15) is 14.7 Å². The molecule has 6 heteroatoms. The topological polar surface area (TPSA) is 66.4 Å². The zero-order valence-corrected chi connectivity index (χ0v) is 20.3. The lowest BCUT2D eigenvalue weighted by Crippen LogP contribution is -2.46. The molecule has 0 saturated heterocycles. The number of carboxylic acid groups (broad SMARTS) is 1. The normalized spacial score (nSPS) is 12.7. The first-order valence-electron chi connectivity index (χ1n) is 10.9. The summed E-state index contributed by atoms with van der Waals surface area (Å²) in [5, 5.41) is 12.3. The molecular formula is C27H29NO3S2. The number of carboxylic acids is 1. The Morgan fingerprint density at radius 1 is 0.909 bits per heavy atom. The van der Waals surface area contributed by atoms with Gasteiger partial charge in [0, 0.05) is 17.3 Å². The van der Waals surface area contributed by atoms with Crippen LogP contribution in [0.25, 0.3) is 11.1 Å². The highest BCUT2D eigenvalue weighted by Gasteiger charge is 2.25. The molecular weight excluding hydrogens is 450 g/mol. The van der Waals surface area contributed by atoms with Crippen molar-refractivity contribution in [2.45, 2.75) is 25.1 Å². The lowest BCUT2D eigenvalue weighted by atomic mass is 9.97. The number of aryl methyl sites for hydroxylation is 1. The van der Waals surface area contributed by atoms with Crippen molar-refractivity contribution in [3.8, 4) is 11.1 Å². The van der Waals surface area contributed by atoms with E-state index in [1.807, 2.05) is 73.7 Å². The van der Waals surface area contributed by atoms with E-state index in [1.54, 1.807) is 0 Å². The van der Waals surface area contributed by atoms with Gasteiger partial charge in [0.05, 0.1) is 5.92 Å². The zero-order valence-electron chi connectivity index (χ0n) is 18.6. The van der Waals surface area contributed by atoms with Gasteiger partial charge in [0.2, 0.25) is 5.91 Å². The standard InChI is InChI=1S/C27H29NO3S2/c1-19-7-9-21(10-8-19)17-33-18-25(27(30)31)28-26(29)24(16-32)15-20-11-13-23(14-12-20)22-5-3-2-4-6-22/h2-14,24-25,32H,15-18H2,1H3,(H,28,29)(H,30,31)/t24-,25-/m0/s1. The minimum atomic E-state index is -1.02. The van der Waals surface area contributed by atoms with Crippen LogP contribution in [0.2, 0.25) is 0 Å². The van der Waals surface area contributed by atoms with E-state index in [4.69, 9.17) is 0 Å². The number of benzene rings is 3. The van der Waals surface area contributed by atoms with Crippen LogP contribution in [0.3, 0.4) is 0 Å². The fraction of sp³-hybridized carbons (Fsp3) is 0.259. The molecule has 0 aromatic heterocycles. The highest BCUT2D eigenvalue weighted by Crippen LogP contribution is 2.21. The summed E-state index contributed by atoms with van der Waals surface area (Å²) in [7, 11) is 0. The Labute approximate surface area is 205 Å². The van der Waals surface area contributed by atoms with Gasteiger partial charge in [0.15, 0.2) is 0 Å². The van der Waals surface area contributed by atoms with E-state index in [0.29, 0.717) is 23.7 Å². The van der Waals surface area contributed by atoms with Crippen molar-refractivity contribution in [3.05, 3.63) is 95.6 Å². The number of nitrogens with one attached hydrogen (secondary N) is 1. The molecule has 33 heavy (non-hydrogen) atoms. The van der Waals surface area contributed by atoms with E-state index in [0.717, 1.165) is 22.3 Å². The summed E-state index contributed by atoms with van der Waals surface area (Å²) in [5.41, 5.74) is 5.59. The Balaban J connectivity index is 1.55. The third-order valence-electron chi connectivity index (χ3n) is 5.42. The van der Waals surface area contributed by atoms with Crippen molar-refractivity contribution in [2.24, 2.45) is 5.92 Å². The second-order valence-electron chi connectivity index (χ2n) is 8.05. The van der Waals surface area contributed by atoms with E-state index in [1.165, 1.54) is 17.3 Å². The van der Waals surface area contributed by atoms with Crippen molar-refractivity contribution in [3.63, 3.8) is 0 Å². The first-order chi connectivity index (χ1) is 16.0. The van der Waals surface area contributed by atoms with Gasteiger partial charge in [0.1, 0.15) is 6.04 Å². The second-order valence-corrected chi connectivity index (χ2v) is 9.44. The van der Waals surface area contributed by atoms with Crippen LogP contribution in [-0.2, 0) is 21.8 Å². The average molecular weight is 480 g/mol. The predicted octanol–water partition coefficient (Wildman–Crippen LogP) is 5.25. The van der Waals surface area contributed by atoms with Gasteiger partial charge in [-0.2, -0.15) is 24.4 Å². The smallest absolute Gasteiger partial charge is 0.327 e. The predicted molar refractivity (Wildman–Crippen MR) is 140 cm³/mol. The van der Waals surface area contributed by atoms with Gasteiger partial charge in [-0.25, -0.2) is 4.79 Å². The lowest BCUT2D eigenvalue weighted by Gasteiger charge is -2.19. The molecule has 2 N–H and O–H groups in total. The molecule has 0 aliphatic heterocycles. The summed E-state index contributed by atoms with van der Waals surface area (Å²) < 4.78 is 0. The van der Waals surface area contributed by atoms with Crippen LogP contribution in [0.1, 0.15) is 16.7 Å². The van der Waals surface area contributed by atoms with E-state index >= 15 is 0 Å². The average Bonchev–Trinajstić information content (AvgIpc) is 2.83. The molecule has 0 bridgehead atoms. The zero-order chi connectivity index (χ0) is 23.6. The molecule has 0 spiro atoms. The maximum Gasteiger partial charge on any atom is 0.327 e. The summed E-state index contributed by atoms with van der Waals surface area (Å²) >= 11 is 5.85. The van der Waals surface area contributed by atoms with Gasteiger partial charge in [-0.15, -0.1) is 0 Å². The lowest BCUT2D eigenvalue weighted by molar-refractivity contribution is -0.141. The minimum absolute atomic E-state index is 0.277. The number of carbonyl (C=O) groups excluding carboxylic acids is 1. The minimum Gasteiger partial charge on any atom is -0.480 e. The molecule has 0 saturated carbocycles. The fourth-order valence-electron chi connectivity index (χ4n) is 3.43. The SMILES string of the molecule is Cc1ccc(CSC[C@H](NC(=O)[C@H](CS)Cc2ccc(-c3ccccc3)cc2)C(=O)O)cc1. The van der Waals surface area contributed by atoms with Crippen molar-refractivity contribution in [1.82, 2.24) is 5.32 Å². The van der Waals surface area contributed by atoms with Crippen LogP contribution in [0.4, 0.5) is 0 Å². The largest absolute Gasteiger partial charge is 0.480 e. The molecule has 0 aliphatic carbocycles. The molecule has 0 aliphatic rings. The van der Waals surface area contributed by atoms with Gasteiger partial charge >= 0.3 is 5.97 Å². The second kappa shape index (κ2) is 12.5. The van der Waals surface area contributed by atoms with Crippen molar-refractivity contribution in [1.29, 1.82) is 0 Å². The van der Waals surface area contributed by atoms with Gasteiger partial charge in [-0.1, -0.05) is 84.4 Å². The Hall–Kier alpha value is -2.70. The maximum atomic E-state index is 12.8. The van der Waals surface area contributed by atoms with Crippen LogP contribution in [0, 0.1) is 12.8 Å². The maximum absolute atomic E-state index is 12.8. The Morgan fingerprint density at radius 3 is 2.12 bits per heavy atom. The molecule has 1 amide bonds. The number of aliphatic carboxylic acids is 1. The number of thioether (sulfide) groups is 1. The van der Waals surface area contributed by atoms with Crippen LogP contribution >= 0.6 is 24.4 Å². The first kappa shape index (κ1) is 24.9. The van der Waals surface area contributed by atoms with Crippen LogP contribution in [0.15, 0.2) is 78.9 Å². The Morgan fingerprint density at radius 2 is 1.52 bits per heavy atom. The quantitative estimate of drug-likeness (QED) is 0.329. The highest BCUT2D eigenvalue weighted by atomic mass is 32.2. The van der Waals surface area contributed by atoms with Gasteiger partial charge in [-0.3, -0.25) is 4.79 Å². The van der Waals surface area contributed by atoms with E-state index in [2.05, 4.69) is 30.1 Å². The van der Waals surface area contributed by atoms with Gasteiger partial charge in [-0.05, 0) is 35.6 Å². The third kappa shape index (κ3) is 7.69. The number of hydrogen-bond acceptors (Lipinski definition) is 4. The summed E-state index contributed by atoms with van der Waals surface area (Å²) in [6.45, 7) is 2.03. The van der Waals surface area contributed by atoms with Crippen LogP contribution in [0.5, 0.6) is 0 Å². The monoisotopic (exact) mass is 479 g/mol. The molecule has 3 rings (SSSR count). The molecule has 4 nitrogen and oxygen atoms in total. The van der Waals surface area contributed by atoms with Crippen molar-refractivity contribution in [2.75, 3.05) is 11.5 Å². The van der Waals surface area contributed by atoms with Crippen LogP contribution < -0.4 is 5.32 Å². The van der Waals surface area contributed by atoms with E-state index < -0.39 is 17.9 Å². The summed E-state index contributed by atoms with van der Waals surface area (Å²) in [5.74, 6) is -0.357. The third-order valence-corrected chi connectivity index (χ3v) is 6.97. The van der Waals surface area contributed by atoms with Crippen molar-refractivity contribution < 1.29 is 14.7 Å². The first-order valence-corrected chi connectivity index (χ1v) is 12.7. The molecule has 172 valence electrons. The summed E-state index contributed by atoms with van der Waals surface area (Å²) in [6.07, 6.45) is 0.507. The summed E-state index contributed by atoms with van der Waals surface area (Å²) in [6, 6.07) is 25.4. The number of carbonyl (C=O) groups is 2. The molecule has 3 aromatic rings. The number of hydrogen-bond donors (Lipinski definition) is 3. The Kier molecular flexibility index (Phi) is 9.46. The fourth-order valence-corrected chi connectivity index (χ4v) is 4.73.